The van der Waals surface area contributed by atoms with E-state index in [-0.39, 0.29) is 23.8 Å². The van der Waals surface area contributed by atoms with Gasteiger partial charge in [-0.15, -0.1) is 0 Å². The highest BCUT2D eigenvalue weighted by Crippen LogP contribution is 2.09. The van der Waals surface area contributed by atoms with Crippen molar-refractivity contribution < 1.29 is 9.59 Å². The van der Waals surface area contributed by atoms with Crippen LogP contribution < -0.4 is 11.1 Å². The molecular weight excluding hydrogens is 220 g/mol. The van der Waals surface area contributed by atoms with E-state index in [0.29, 0.717) is 11.1 Å². The number of anilines is 1. The first-order valence-electron chi connectivity index (χ1n) is 4.97. The summed E-state index contributed by atoms with van der Waals surface area (Å²) in [6, 6.07) is 0. The van der Waals surface area contributed by atoms with Gasteiger partial charge in [0.05, 0.1) is 0 Å². The molecule has 1 rings (SSSR count). The summed E-state index contributed by atoms with van der Waals surface area (Å²) >= 11 is 0. The maximum absolute atomic E-state index is 11.7. The molecule has 17 heavy (non-hydrogen) atoms. The van der Waals surface area contributed by atoms with Crippen LogP contribution in [0.25, 0.3) is 0 Å². The summed E-state index contributed by atoms with van der Waals surface area (Å²) in [5.41, 5.74) is 6.61. The summed E-state index contributed by atoms with van der Waals surface area (Å²) < 4.78 is 0. The van der Waals surface area contributed by atoms with Gasteiger partial charge in [-0.1, -0.05) is 6.58 Å². The van der Waals surface area contributed by atoms with Crippen LogP contribution in [0, 0.1) is 6.92 Å². The third-order valence-corrected chi connectivity index (χ3v) is 2.30. The van der Waals surface area contributed by atoms with E-state index in [4.69, 9.17) is 5.73 Å². The molecule has 6 nitrogen and oxygen atoms in total. The second-order valence-electron chi connectivity index (χ2n) is 3.57. The Morgan fingerprint density at radius 2 is 2.12 bits per heavy atom. The molecule has 0 saturated heterocycles. The van der Waals surface area contributed by atoms with E-state index in [1.165, 1.54) is 13.3 Å². The Balaban J connectivity index is 2.74. The first kappa shape index (κ1) is 12.8. The SMILES string of the molecule is C=C(CNC(=O)c1ncnc(N)c1C)C(C)=O. The molecule has 0 atom stereocenters. The summed E-state index contributed by atoms with van der Waals surface area (Å²) in [5.74, 6) is -0.307. The van der Waals surface area contributed by atoms with Crippen molar-refractivity contribution in [3.8, 4) is 0 Å². The van der Waals surface area contributed by atoms with Crippen molar-refractivity contribution >= 4 is 17.5 Å². The van der Waals surface area contributed by atoms with Crippen molar-refractivity contribution in [2.45, 2.75) is 13.8 Å². The lowest BCUT2D eigenvalue weighted by Gasteiger charge is -2.07. The van der Waals surface area contributed by atoms with Gasteiger partial charge in [-0.2, -0.15) is 0 Å². The van der Waals surface area contributed by atoms with Crippen LogP contribution in [0.1, 0.15) is 23.0 Å². The van der Waals surface area contributed by atoms with Gasteiger partial charge in [0, 0.05) is 17.7 Å². The summed E-state index contributed by atoms with van der Waals surface area (Å²) in [4.78, 5) is 30.3. The first-order valence-corrected chi connectivity index (χ1v) is 4.97. The molecule has 90 valence electrons. The topological polar surface area (TPSA) is 98.0 Å². The molecule has 0 aliphatic rings. The molecular formula is C11H14N4O2. The molecule has 0 unspecified atom stereocenters. The first-order chi connectivity index (χ1) is 7.93. The molecule has 0 aliphatic heterocycles. The molecule has 1 heterocycles. The lowest BCUT2D eigenvalue weighted by Crippen LogP contribution is -2.28. The molecule has 1 amide bonds. The van der Waals surface area contributed by atoms with Gasteiger partial charge in [-0.25, -0.2) is 9.97 Å². The molecule has 0 fully saturated rings. The maximum Gasteiger partial charge on any atom is 0.270 e. The molecule has 1 aromatic heterocycles. The van der Waals surface area contributed by atoms with Gasteiger partial charge < -0.3 is 11.1 Å². The maximum atomic E-state index is 11.7. The molecule has 3 N–H and O–H groups in total. The zero-order valence-corrected chi connectivity index (χ0v) is 9.78. The molecule has 0 bridgehead atoms. The third-order valence-electron chi connectivity index (χ3n) is 2.30. The highest BCUT2D eigenvalue weighted by atomic mass is 16.2. The van der Waals surface area contributed by atoms with E-state index in [2.05, 4.69) is 21.9 Å². The van der Waals surface area contributed by atoms with Crippen molar-refractivity contribution in [2.75, 3.05) is 12.3 Å². The monoisotopic (exact) mass is 234 g/mol. The van der Waals surface area contributed by atoms with Gasteiger partial charge in [0.25, 0.3) is 5.91 Å². The van der Waals surface area contributed by atoms with E-state index < -0.39 is 5.91 Å². The van der Waals surface area contributed by atoms with E-state index in [1.54, 1.807) is 6.92 Å². The number of hydrogen-bond acceptors (Lipinski definition) is 5. The summed E-state index contributed by atoms with van der Waals surface area (Å²) in [6.07, 6.45) is 1.22. The van der Waals surface area contributed by atoms with Gasteiger partial charge in [0.2, 0.25) is 0 Å². The number of rotatable bonds is 4. The van der Waals surface area contributed by atoms with Gasteiger partial charge >= 0.3 is 0 Å². The number of hydrogen-bond donors (Lipinski definition) is 2. The Kier molecular flexibility index (Phi) is 3.92. The number of amides is 1. The standard InChI is InChI=1S/C11H14N4O2/c1-6(8(3)16)4-13-11(17)9-7(2)10(12)15-5-14-9/h5H,1,4H2,2-3H3,(H,13,17)(H2,12,14,15). The Hall–Kier alpha value is -2.24. The average Bonchev–Trinajstić information content (AvgIpc) is 2.29. The van der Waals surface area contributed by atoms with Crippen LogP contribution in [0.2, 0.25) is 0 Å². The van der Waals surface area contributed by atoms with E-state index >= 15 is 0 Å². The largest absolute Gasteiger partial charge is 0.383 e. The molecule has 1 aromatic rings. The van der Waals surface area contributed by atoms with Gasteiger partial charge in [-0.05, 0) is 13.8 Å². The van der Waals surface area contributed by atoms with E-state index in [9.17, 15) is 9.59 Å². The molecule has 0 radical (unpaired) electrons. The molecule has 0 aromatic carbocycles. The third kappa shape index (κ3) is 3.10. The highest BCUT2D eigenvalue weighted by Gasteiger charge is 2.13. The van der Waals surface area contributed by atoms with E-state index in [0.717, 1.165) is 0 Å². The second kappa shape index (κ2) is 5.20. The van der Waals surface area contributed by atoms with Crippen LogP contribution in [0.5, 0.6) is 0 Å². The van der Waals surface area contributed by atoms with Gasteiger partial charge in [0.15, 0.2) is 5.78 Å². The minimum Gasteiger partial charge on any atom is -0.383 e. The fourth-order valence-corrected chi connectivity index (χ4v) is 1.09. The molecule has 0 saturated carbocycles. The van der Waals surface area contributed by atoms with Crippen molar-refractivity contribution in [1.82, 2.24) is 15.3 Å². The lowest BCUT2D eigenvalue weighted by atomic mass is 10.2. The smallest absolute Gasteiger partial charge is 0.270 e. The van der Waals surface area contributed by atoms with Crippen molar-refractivity contribution in [1.29, 1.82) is 0 Å². The average molecular weight is 234 g/mol. The Morgan fingerprint density at radius 1 is 1.47 bits per heavy atom. The fourth-order valence-electron chi connectivity index (χ4n) is 1.09. The fraction of sp³-hybridized carbons (Fsp3) is 0.273. The molecule has 6 heteroatoms. The number of ketones is 1. The second-order valence-corrected chi connectivity index (χ2v) is 3.57. The predicted octanol–water partition coefficient (Wildman–Crippen LogP) is 0.242. The Morgan fingerprint density at radius 3 is 2.71 bits per heavy atom. The summed E-state index contributed by atoms with van der Waals surface area (Å²) in [7, 11) is 0. The minimum atomic E-state index is -0.404. The zero-order chi connectivity index (χ0) is 13.0. The van der Waals surface area contributed by atoms with Crippen LogP contribution >= 0.6 is 0 Å². The van der Waals surface area contributed by atoms with Crippen molar-refractivity contribution in [3.63, 3.8) is 0 Å². The van der Waals surface area contributed by atoms with Gasteiger partial charge in [0.1, 0.15) is 17.8 Å². The summed E-state index contributed by atoms with van der Waals surface area (Å²) in [5, 5.41) is 2.54. The normalized spacial score (nSPS) is 9.76. The van der Waals surface area contributed by atoms with Crippen LogP contribution in [-0.4, -0.2) is 28.2 Å². The Labute approximate surface area is 98.9 Å². The van der Waals surface area contributed by atoms with Crippen molar-refractivity contribution in [3.05, 3.63) is 29.7 Å². The van der Waals surface area contributed by atoms with Gasteiger partial charge in [-0.3, -0.25) is 9.59 Å². The minimum absolute atomic E-state index is 0.0948. The molecule has 0 spiro atoms. The van der Waals surface area contributed by atoms with Crippen LogP contribution in [-0.2, 0) is 4.79 Å². The van der Waals surface area contributed by atoms with Crippen LogP contribution in [0.15, 0.2) is 18.5 Å². The van der Waals surface area contributed by atoms with Crippen molar-refractivity contribution in [2.24, 2.45) is 0 Å². The zero-order valence-electron chi connectivity index (χ0n) is 9.78. The summed E-state index contributed by atoms with van der Waals surface area (Å²) in [6.45, 7) is 6.68. The number of nitrogen functional groups attached to an aromatic ring is 1. The number of carbonyl (C=O) groups is 2. The Bertz CT molecular complexity index is 482. The quantitative estimate of drug-likeness (QED) is 0.727. The number of nitrogens with two attached hydrogens (primary N) is 1. The van der Waals surface area contributed by atoms with Crippen LogP contribution in [0.3, 0.4) is 0 Å². The number of nitrogens with one attached hydrogen (secondary N) is 1. The lowest BCUT2D eigenvalue weighted by molar-refractivity contribution is -0.113. The number of carbonyl (C=O) groups excluding carboxylic acids is 2. The van der Waals surface area contributed by atoms with Crippen LogP contribution in [0.4, 0.5) is 5.82 Å². The molecule has 0 aliphatic carbocycles. The number of nitrogens with zero attached hydrogens (tertiary/aromatic N) is 2. The number of Topliss-reactive ketones (excluding diaryl/α,β-unsaturated/α-hetero) is 1. The number of aromatic nitrogens is 2. The highest BCUT2D eigenvalue weighted by molar-refractivity contribution is 5.97. The predicted molar refractivity (Wildman–Crippen MR) is 63.3 cm³/mol. The van der Waals surface area contributed by atoms with E-state index in [1.807, 2.05) is 0 Å².